The summed E-state index contributed by atoms with van der Waals surface area (Å²) in [4.78, 5) is 11.6. The SMILES string of the molecule is CC[C@H](C)[C@@H](N)C(=O)NC[C@@H]1CCCO1. The van der Waals surface area contributed by atoms with Gasteiger partial charge in [0, 0.05) is 13.2 Å². The molecule has 0 aromatic heterocycles. The third-order valence-electron chi connectivity index (χ3n) is 3.09. The van der Waals surface area contributed by atoms with Crippen LogP contribution in [-0.2, 0) is 9.53 Å². The highest BCUT2D eigenvalue weighted by molar-refractivity contribution is 5.81. The molecular weight excluding hydrogens is 192 g/mol. The summed E-state index contributed by atoms with van der Waals surface area (Å²) in [6, 6.07) is -0.392. The van der Waals surface area contributed by atoms with E-state index in [2.05, 4.69) is 5.32 Å². The Labute approximate surface area is 91.5 Å². The lowest BCUT2D eigenvalue weighted by molar-refractivity contribution is -0.123. The molecular formula is C11H22N2O2. The van der Waals surface area contributed by atoms with Gasteiger partial charge in [0.05, 0.1) is 12.1 Å². The van der Waals surface area contributed by atoms with Crippen molar-refractivity contribution in [2.75, 3.05) is 13.2 Å². The lowest BCUT2D eigenvalue weighted by Gasteiger charge is -2.19. The van der Waals surface area contributed by atoms with Crippen LogP contribution in [0, 0.1) is 5.92 Å². The van der Waals surface area contributed by atoms with Crippen molar-refractivity contribution in [3.63, 3.8) is 0 Å². The van der Waals surface area contributed by atoms with Gasteiger partial charge in [-0.3, -0.25) is 4.79 Å². The minimum absolute atomic E-state index is 0.0557. The summed E-state index contributed by atoms with van der Waals surface area (Å²) < 4.78 is 5.41. The molecule has 0 radical (unpaired) electrons. The smallest absolute Gasteiger partial charge is 0.237 e. The third-order valence-corrected chi connectivity index (χ3v) is 3.09. The Hall–Kier alpha value is -0.610. The molecule has 1 aliphatic heterocycles. The monoisotopic (exact) mass is 214 g/mol. The maximum atomic E-state index is 11.6. The topological polar surface area (TPSA) is 64.4 Å². The molecule has 1 rings (SSSR count). The van der Waals surface area contributed by atoms with E-state index in [4.69, 9.17) is 10.5 Å². The Kier molecular flexibility index (Phi) is 5.05. The number of carbonyl (C=O) groups excluding carboxylic acids is 1. The van der Waals surface area contributed by atoms with Gasteiger partial charge in [-0.15, -0.1) is 0 Å². The molecule has 4 heteroatoms. The average Bonchev–Trinajstić information content (AvgIpc) is 2.76. The van der Waals surface area contributed by atoms with E-state index < -0.39 is 6.04 Å². The first-order valence-electron chi connectivity index (χ1n) is 5.80. The molecule has 1 saturated heterocycles. The van der Waals surface area contributed by atoms with E-state index in [0.717, 1.165) is 25.9 Å². The molecule has 1 heterocycles. The molecule has 3 N–H and O–H groups in total. The first-order valence-corrected chi connectivity index (χ1v) is 5.80. The van der Waals surface area contributed by atoms with Crippen molar-refractivity contribution < 1.29 is 9.53 Å². The second-order valence-electron chi connectivity index (χ2n) is 4.29. The number of rotatable bonds is 5. The average molecular weight is 214 g/mol. The zero-order chi connectivity index (χ0) is 11.3. The second kappa shape index (κ2) is 6.08. The molecule has 1 amide bonds. The number of amides is 1. The van der Waals surface area contributed by atoms with Crippen molar-refractivity contribution in [2.24, 2.45) is 11.7 Å². The second-order valence-corrected chi connectivity index (χ2v) is 4.29. The van der Waals surface area contributed by atoms with E-state index in [1.54, 1.807) is 0 Å². The number of hydrogen-bond donors (Lipinski definition) is 2. The number of ether oxygens (including phenoxy) is 1. The van der Waals surface area contributed by atoms with Crippen LogP contribution in [-0.4, -0.2) is 31.2 Å². The first kappa shape index (κ1) is 12.5. The largest absolute Gasteiger partial charge is 0.376 e. The fourth-order valence-corrected chi connectivity index (χ4v) is 1.65. The van der Waals surface area contributed by atoms with Gasteiger partial charge in [0.1, 0.15) is 0 Å². The number of carbonyl (C=O) groups is 1. The number of nitrogens with two attached hydrogens (primary N) is 1. The number of nitrogens with one attached hydrogen (secondary N) is 1. The quantitative estimate of drug-likeness (QED) is 0.706. The molecule has 1 aliphatic rings. The van der Waals surface area contributed by atoms with Gasteiger partial charge in [0.25, 0.3) is 0 Å². The van der Waals surface area contributed by atoms with Crippen LogP contribution in [0.5, 0.6) is 0 Å². The predicted octanol–water partition coefficient (Wildman–Crippen LogP) is 0.655. The maximum absolute atomic E-state index is 11.6. The lowest BCUT2D eigenvalue weighted by Crippen LogP contribution is -2.46. The van der Waals surface area contributed by atoms with E-state index >= 15 is 0 Å². The van der Waals surface area contributed by atoms with Gasteiger partial charge >= 0.3 is 0 Å². The van der Waals surface area contributed by atoms with Crippen LogP contribution in [0.3, 0.4) is 0 Å². The summed E-state index contributed by atoms with van der Waals surface area (Å²) in [6.45, 7) is 5.45. The van der Waals surface area contributed by atoms with Crippen molar-refractivity contribution in [1.82, 2.24) is 5.32 Å². The Morgan fingerprint density at radius 2 is 2.40 bits per heavy atom. The van der Waals surface area contributed by atoms with Crippen molar-refractivity contribution in [3.8, 4) is 0 Å². The predicted molar refractivity (Wildman–Crippen MR) is 59.4 cm³/mol. The van der Waals surface area contributed by atoms with Crippen molar-refractivity contribution in [1.29, 1.82) is 0 Å². The molecule has 3 atom stereocenters. The molecule has 88 valence electrons. The summed E-state index contributed by atoms with van der Waals surface area (Å²) in [5.74, 6) is 0.175. The van der Waals surface area contributed by atoms with Gasteiger partial charge in [0.2, 0.25) is 5.91 Å². The Morgan fingerprint density at radius 1 is 1.67 bits per heavy atom. The first-order chi connectivity index (χ1) is 7.15. The minimum atomic E-state index is -0.392. The molecule has 0 unspecified atom stereocenters. The Balaban J connectivity index is 2.22. The minimum Gasteiger partial charge on any atom is -0.376 e. The Morgan fingerprint density at radius 3 is 2.93 bits per heavy atom. The summed E-state index contributed by atoms with van der Waals surface area (Å²) >= 11 is 0. The lowest BCUT2D eigenvalue weighted by atomic mass is 9.99. The van der Waals surface area contributed by atoms with Gasteiger partial charge in [-0.25, -0.2) is 0 Å². The van der Waals surface area contributed by atoms with Crippen LogP contribution < -0.4 is 11.1 Å². The molecule has 0 aromatic carbocycles. The van der Waals surface area contributed by atoms with Gasteiger partial charge in [-0.2, -0.15) is 0 Å². The number of hydrogen-bond acceptors (Lipinski definition) is 3. The summed E-state index contributed by atoms with van der Waals surface area (Å²) in [6.07, 6.45) is 3.25. The van der Waals surface area contributed by atoms with E-state index in [-0.39, 0.29) is 17.9 Å². The molecule has 0 bridgehead atoms. The van der Waals surface area contributed by atoms with E-state index in [1.807, 2.05) is 13.8 Å². The van der Waals surface area contributed by atoms with Crippen molar-refractivity contribution >= 4 is 5.91 Å². The third kappa shape index (κ3) is 3.80. The van der Waals surface area contributed by atoms with Crippen LogP contribution in [0.1, 0.15) is 33.1 Å². The van der Waals surface area contributed by atoms with Gasteiger partial charge in [0.15, 0.2) is 0 Å². The standard InChI is InChI=1S/C11H22N2O2/c1-3-8(2)10(12)11(14)13-7-9-5-4-6-15-9/h8-10H,3-7,12H2,1-2H3,(H,13,14)/t8-,9-,10+/m0/s1. The van der Waals surface area contributed by atoms with Crippen LogP contribution in [0.15, 0.2) is 0 Å². The summed E-state index contributed by atoms with van der Waals surface area (Å²) in [5.41, 5.74) is 5.80. The van der Waals surface area contributed by atoms with E-state index in [0.29, 0.717) is 6.54 Å². The van der Waals surface area contributed by atoms with Crippen LogP contribution in [0.25, 0.3) is 0 Å². The Bertz CT molecular complexity index is 203. The zero-order valence-corrected chi connectivity index (χ0v) is 9.66. The van der Waals surface area contributed by atoms with Crippen LogP contribution in [0.2, 0.25) is 0 Å². The molecule has 15 heavy (non-hydrogen) atoms. The molecule has 4 nitrogen and oxygen atoms in total. The summed E-state index contributed by atoms with van der Waals surface area (Å²) in [5, 5.41) is 2.85. The van der Waals surface area contributed by atoms with Gasteiger partial charge < -0.3 is 15.8 Å². The van der Waals surface area contributed by atoms with Crippen molar-refractivity contribution in [2.45, 2.75) is 45.3 Å². The van der Waals surface area contributed by atoms with Crippen molar-refractivity contribution in [3.05, 3.63) is 0 Å². The normalized spacial score (nSPS) is 24.9. The zero-order valence-electron chi connectivity index (χ0n) is 9.66. The van der Waals surface area contributed by atoms with Crippen LogP contribution in [0.4, 0.5) is 0 Å². The molecule has 0 aromatic rings. The molecule has 1 fully saturated rings. The fourth-order valence-electron chi connectivity index (χ4n) is 1.65. The highest BCUT2D eigenvalue weighted by atomic mass is 16.5. The van der Waals surface area contributed by atoms with Crippen LogP contribution >= 0.6 is 0 Å². The van der Waals surface area contributed by atoms with Gasteiger partial charge in [-0.1, -0.05) is 20.3 Å². The van der Waals surface area contributed by atoms with E-state index in [1.165, 1.54) is 0 Å². The van der Waals surface area contributed by atoms with Gasteiger partial charge in [-0.05, 0) is 18.8 Å². The molecule has 0 saturated carbocycles. The highest BCUT2D eigenvalue weighted by Crippen LogP contribution is 2.11. The molecule has 0 aliphatic carbocycles. The molecule has 0 spiro atoms. The highest BCUT2D eigenvalue weighted by Gasteiger charge is 2.21. The van der Waals surface area contributed by atoms with E-state index in [9.17, 15) is 4.79 Å². The fraction of sp³-hybridized carbons (Fsp3) is 0.909. The summed E-state index contributed by atoms with van der Waals surface area (Å²) in [7, 11) is 0. The maximum Gasteiger partial charge on any atom is 0.237 e.